The first-order valence-corrected chi connectivity index (χ1v) is 11.0. The van der Waals surface area contributed by atoms with Crippen LogP contribution in [0, 0.1) is 0 Å². The number of benzene rings is 1. The molecule has 30 heavy (non-hydrogen) atoms. The third-order valence-electron chi connectivity index (χ3n) is 5.57. The molecule has 6 nitrogen and oxygen atoms in total. The monoisotopic (exact) mass is 438 g/mol. The van der Waals surface area contributed by atoms with Gasteiger partial charge in [0.15, 0.2) is 0 Å². The zero-order chi connectivity index (χ0) is 22.2. The lowest BCUT2D eigenvalue weighted by Crippen LogP contribution is -2.47. The van der Waals surface area contributed by atoms with Crippen molar-refractivity contribution in [3.8, 4) is 0 Å². The molecule has 0 saturated heterocycles. The summed E-state index contributed by atoms with van der Waals surface area (Å²) in [6, 6.07) is 8.32. The molecule has 1 aromatic carbocycles. The van der Waals surface area contributed by atoms with E-state index in [1.807, 2.05) is 39.0 Å². The van der Waals surface area contributed by atoms with Crippen molar-refractivity contribution in [2.75, 3.05) is 20.2 Å². The zero-order valence-corrected chi connectivity index (χ0v) is 19.3. The maximum absolute atomic E-state index is 12.3. The van der Waals surface area contributed by atoms with Gasteiger partial charge in [0.25, 0.3) is 0 Å². The molecule has 1 aliphatic rings. The highest BCUT2D eigenvalue weighted by molar-refractivity contribution is 6.30. The smallest absolute Gasteiger partial charge is 0.407 e. The van der Waals surface area contributed by atoms with Gasteiger partial charge >= 0.3 is 12.1 Å². The fraction of sp³-hybridized carbons (Fsp3) is 0.652. The van der Waals surface area contributed by atoms with Crippen molar-refractivity contribution in [1.29, 1.82) is 0 Å². The van der Waals surface area contributed by atoms with Gasteiger partial charge in [0.05, 0.1) is 7.11 Å². The molecular formula is C23H35ClN2O4. The van der Waals surface area contributed by atoms with Crippen LogP contribution in [0.5, 0.6) is 0 Å². The van der Waals surface area contributed by atoms with Crippen LogP contribution in [-0.2, 0) is 19.7 Å². The standard InChI is InChI=1S/C23H35ClN2O4/c1-22(2,3)30-21(28)26-16-23(17-7-5-8-18(24)15-17)12-10-19(11-13-23)25-14-6-9-20(27)29-4/h5,7-8,15,19,25H,6,9-14,16H2,1-4H3,(H,26,28). The first-order chi connectivity index (χ1) is 14.1. The summed E-state index contributed by atoms with van der Waals surface area (Å²) in [5, 5.41) is 7.23. The number of hydrogen-bond donors (Lipinski definition) is 2. The molecule has 0 aliphatic heterocycles. The van der Waals surface area contributed by atoms with Gasteiger partial charge in [0.2, 0.25) is 0 Å². The van der Waals surface area contributed by atoms with Crippen LogP contribution in [0.2, 0.25) is 5.02 Å². The van der Waals surface area contributed by atoms with Crippen LogP contribution < -0.4 is 10.6 Å². The number of methoxy groups -OCH3 is 1. The van der Waals surface area contributed by atoms with Gasteiger partial charge in [-0.05, 0) is 77.1 Å². The number of halogens is 1. The zero-order valence-electron chi connectivity index (χ0n) is 18.6. The fourth-order valence-corrected chi connectivity index (χ4v) is 4.15. The molecule has 0 unspecified atom stereocenters. The second-order valence-corrected chi connectivity index (χ2v) is 9.49. The van der Waals surface area contributed by atoms with Gasteiger partial charge in [0, 0.05) is 29.4 Å². The Morgan fingerprint density at radius 3 is 2.53 bits per heavy atom. The van der Waals surface area contributed by atoms with Crippen LogP contribution in [0.15, 0.2) is 24.3 Å². The Morgan fingerprint density at radius 2 is 1.93 bits per heavy atom. The molecule has 168 valence electrons. The number of amides is 1. The maximum atomic E-state index is 12.3. The number of carbonyl (C=O) groups excluding carboxylic acids is 2. The number of esters is 1. The normalized spacial score (nSPS) is 21.7. The molecule has 1 amide bonds. The third kappa shape index (κ3) is 7.80. The highest BCUT2D eigenvalue weighted by Gasteiger charge is 2.37. The Hall–Kier alpha value is -1.79. The Morgan fingerprint density at radius 1 is 1.23 bits per heavy atom. The van der Waals surface area contributed by atoms with Gasteiger partial charge in [-0.25, -0.2) is 4.79 Å². The van der Waals surface area contributed by atoms with Crippen LogP contribution in [0.1, 0.15) is 64.9 Å². The summed E-state index contributed by atoms with van der Waals surface area (Å²) in [5.74, 6) is -0.173. The summed E-state index contributed by atoms with van der Waals surface area (Å²) in [5.41, 5.74) is 0.445. The van der Waals surface area contributed by atoms with Crippen LogP contribution in [0.3, 0.4) is 0 Å². The summed E-state index contributed by atoms with van der Waals surface area (Å²) in [6.45, 7) is 6.88. The van der Waals surface area contributed by atoms with Gasteiger partial charge in [-0.1, -0.05) is 23.7 Å². The molecule has 0 atom stereocenters. The van der Waals surface area contributed by atoms with E-state index in [9.17, 15) is 9.59 Å². The van der Waals surface area contributed by atoms with E-state index >= 15 is 0 Å². The van der Waals surface area contributed by atoms with Gasteiger partial charge in [-0.15, -0.1) is 0 Å². The van der Waals surface area contributed by atoms with Crippen molar-refractivity contribution in [2.24, 2.45) is 0 Å². The quantitative estimate of drug-likeness (QED) is 0.458. The second-order valence-electron chi connectivity index (χ2n) is 9.05. The van der Waals surface area contributed by atoms with Gasteiger partial charge in [-0.3, -0.25) is 4.79 Å². The van der Waals surface area contributed by atoms with Gasteiger partial charge in [-0.2, -0.15) is 0 Å². The molecule has 7 heteroatoms. The SMILES string of the molecule is COC(=O)CCCNC1CCC(CNC(=O)OC(C)(C)C)(c2cccc(Cl)c2)CC1. The third-order valence-corrected chi connectivity index (χ3v) is 5.80. The molecule has 1 fully saturated rings. The number of ether oxygens (including phenoxy) is 2. The van der Waals surface area contributed by atoms with Crippen LogP contribution in [0.25, 0.3) is 0 Å². The lowest BCUT2D eigenvalue weighted by atomic mass is 9.68. The largest absolute Gasteiger partial charge is 0.469 e. The number of carbonyl (C=O) groups is 2. The predicted octanol–water partition coefficient (Wildman–Crippen LogP) is 4.59. The lowest BCUT2D eigenvalue weighted by Gasteiger charge is -2.41. The minimum Gasteiger partial charge on any atom is -0.469 e. The van der Waals surface area contributed by atoms with Crippen molar-refractivity contribution in [2.45, 2.75) is 76.4 Å². The van der Waals surface area contributed by atoms with E-state index in [0.29, 0.717) is 24.0 Å². The molecule has 1 aliphatic carbocycles. The van der Waals surface area contributed by atoms with Gasteiger partial charge < -0.3 is 20.1 Å². The van der Waals surface area contributed by atoms with Crippen molar-refractivity contribution < 1.29 is 19.1 Å². The molecule has 2 N–H and O–H groups in total. The van der Waals surface area contributed by atoms with Crippen molar-refractivity contribution >= 4 is 23.7 Å². The average molecular weight is 439 g/mol. The van der Waals surface area contributed by atoms with E-state index in [0.717, 1.165) is 44.2 Å². The first kappa shape index (κ1) is 24.5. The lowest BCUT2D eigenvalue weighted by molar-refractivity contribution is -0.140. The summed E-state index contributed by atoms with van der Waals surface area (Å²) in [4.78, 5) is 23.5. The fourth-order valence-electron chi connectivity index (χ4n) is 3.96. The van der Waals surface area contributed by atoms with Crippen molar-refractivity contribution in [1.82, 2.24) is 10.6 Å². The van der Waals surface area contributed by atoms with E-state index in [4.69, 9.17) is 16.3 Å². The molecule has 0 bridgehead atoms. The number of nitrogens with one attached hydrogen (secondary N) is 2. The number of rotatable bonds is 8. The van der Waals surface area contributed by atoms with Crippen LogP contribution in [-0.4, -0.2) is 43.9 Å². The Bertz CT molecular complexity index is 709. The molecule has 2 rings (SSSR count). The first-order valence-electron chi connectivity index (χ1n) is 10.7. The molecule has 0 spiro atoms. The van der Waals surface area contributed by atoms with Crippen LogP contribution >= 0.6 is 11.6 Å². The Balaban J connectivity index is 1.97. The minimum atomic E-state index is -0.529. The highest BCUT2D eigenvalue weighted by atomic mass is 35.5. The average Bonchev–Trinajstić information content (AvgIpc) is 2.69. The van der Waals surface area contributed by atoms with E-state index in [1.165, 1.54) is 7.11 Å². The predicted molar refractivity (Wildman–Crippen MR) is 119 cm³/mol. The highest BCUT2D eigenvalue weighted by Crippen LogP contribution is 2.40. The number of hydrogen-bond acceptors (Lipinski definition) is 5. The summed E-state index contributed by atoms with van der Waals surface area (Å²) >= 11 is 6.26. The minimum absolute atomic E-state index is 0.173. The van der Waals surface area contributed by atoms with E-state index in [2.05, 4.69) is 21.4 Å². The molecule has 1 aromatic rings. The van der Waals surface area contributed by atoms with E-state index in [1.54, 1.807) is 0 Å². The number of alkyl carbamates (subject to hydrolysis) is 1. The second kappa shape index (κ2) is 11.0. The van der Waals surface area contributed by atoms with E-state index in [-0.39, 0.29) is 11.4 Å². The molecule has 0 aromatic heterocycles. The molecule has 0 heterocycles. The van der Waals surface area contributed by atoms with Crippen molar-refractivity contribution in [3.63, 3.8) is 0 Å². The summed E-state index contributed by atoms with van der Waals surface area (Å²) < 4.78 is 10.1. The molecule has 1 saturated carbocycles. The topological polar surface area (TPSA) is 76.7 Å². The molecular weight excluding hydrogens is 404 g/mol. The van der Waals surface area contributed by atoms with Gasteiger partial charge in [0.1, 0.15) is 5.60 Å². The van der Waals surface area contributed by atoms with Crippen molar-refractivity contribution in [3.05, 3.63) is 34.9 Å². The summed E-state index contributed by atoms with van der Waals surface area (Å²) in [6.07, 6.45) is 4.63. The summed E-state index contributed by atoms with van der Waals surface area (Å²) in [7, 11) is 1.41. The molecule has 0 radical (unpaired) electrons. The van der Waals surface area contributed by atoms with E-state index < -0.39 is 11.7 Å². The van der Waals surface area contributed by atoms with Crippen LogP contribution in [0.4, 0.5) is 4.79 Å². The Labute approximate surface area is 185 Å². The Kier molecular flexibility index (Phi) is 8.98. The maximum Gasteiger partial charge on any atom is 0.407 e.